The molecule has 3 rings (SSSR count). The number of nitrogens with zero attached hydrogens (tertiary/aromatic N) is 2. The van der Waals surface area contributed by atoms with Crippen molar-refractivity contribution in [1.82, 2.24) is 9.97 Å². The molecule has 0 aromatic carbocycles. The van der Waals surface area contributed by atoms with Gasteiger partial charge in [0.25, 0.3) is 0 Å². The molecule has 2 atom stereocenters. The van der Waals surface area contributed by atoms with Crippen molar-refractivity contribution < 1.29 is 4.43 Å². The summed E-state index contributed by atoms with van der Waals surface area (Å²) in [6, 6.07) is 0. The van der Waals surface area contributed by atoms with Gasteiger partial charge in [0.15, 0.2) is 8.32 Å². The van der Waals surface area contributed by atoms with Crippen LogP contribution in [0.2, 0.25) is 23.3 Å². The molecule has 25 heavy (non-hydrogen) atoms. The summed E-state index contributed by atoms with van der Waals surface area (Å²) in [5.41, 5.74) is 1.41. The van der Waals surface area contributed by atoms with E-state index in [1.807, 2.05) is 0 Å². The van der Waals surface area contributed by atoms with Gasteiger partial charge in [-0.1, -0.05) is 39.3 Å². The Kier molecular flexibility index (Phi) is 5.33. The molecular weight excluding hydrogens is 368 g/mol. The maximum atomic E-state index is 6.73. The van der Waals surface area contributed by atoms with Crippen LogP contribution in [-0.2, 0) is 10.8 Å². The molecule has 1 aliphatic carbocycles. The number of hydrogen-bond donors (Lipinski definition) is 0. The predicted octanol–water partition coefficient (Wildman–Crippen LogP) is 6.57. The van der Waals surface area contributed by atoms with E-state index >= 15 is 0 Å². The molecule has 0 amide bonds. The van der Waals surface area contributed by atoms with Gasteiger partial charge in [-0.2, -0.15) is 0 Å². The Labute approximate surface area is 161 Å². The highest BCUT2D eigenvalue weighted by atomic mass is 35.5. The van der Waals surface area contributed by atoms with E-state index in [2.05, 4.69) is 50.8 Å². The molecule has 0 saturated carbocycles. The van der Waals surface area contributed by atoms with E-state index < -0.39 is 8.32 Å². The zero-order chi connectivity index (χ0) is 18.4. The van der Waals surface area contributed by atoms with Gasteiger partial charge in [0.05, 0.1) is 5.39 Å². The zero-order valence-corrected chi connectivity index (χ0v) is 18.7. The van der Waals surface area contributed by atoms with Gasteiger partial charge in [-0.25, -0.2) is 9.97 Å². The van der Waals surface area contributed by atoms with Crippen molar-refractivity contribution >= 4 is 41.5 Å². The SMILES string of the molecule is CCC(C[C@H]1CCc2sc3ncnc(Cl)c3c21)O[Si](C)(C)C(C)(C)C. The molecule has 0 saturated heterocycles. The third-order valence-corrected chi connectivity index (χ3v) is 11.9. The molecule has 0 bridgehead atoms. The lowest BCUT2D eigenvalue weighted by atomic mass is 9.94. The second-order valence-corrected chi connectivity index (χ2v) is 14.9. The largest absolute Gasteiger partial charge is 0.414 e. The molecule has 6 heteroatoms. The average Bonchev–Trinajstić information content (AvgIpc) is 3.05. The van der Waals surface area contributed by atoms with E-state index in [1.54, 1.807) is 17.7 Å². The standard InChI is InChI=1S/C19H29ClN2OSSi/c1-7-13(23-25(5,6)19(2,3)4)10-12-8-9-14-15(12)16-17(20)21-11-22-18(16)24-14/h11-13H,7-10H2,1-6H3/t12-,13?/m1/s1. The fraction of sp³-hybridized carbons (Fsp3) is 0.684. The normalized spacial score (nSPS) is 19.4. The minimum Gasteiger partial charge on any atom is -0.414 e. The molecule has 0 N–H and O–H groups in total. The molecule has 0 radical (unpaired) electrons. The van der Waals surface area contributed by atoms with Crippen LogP contribution in [0.15, 0.2) is 6.33 Å². The predicted molar refractivity (Wildman–Crippen MR) is 110 cm³/mol. The van der Waals surface area contributed by atoms with Crippen molar-refractivity contribution in [2.24, 2.45) is 0 Å². The third-order valence-electron chi connectivity index (χ3n) is 5.95. The van der Waals surface area contributed by atoms with E-state index in [0.29, 0.717) is 17.2 Å². The number of halogens is 1. The molecule has 0 fully saturated rings. The zero-order valence-electron chi connectivity index (χ0n) is 16.1. The summed E-state index contributed by atoms with van der Waals surface area (Å²) in [6.07, 6.45) is 6.35. The first-order valence-corrected chi connectivity index (χ1v) is 13.3. The summed E-state index contributed by atoms with van der Waals surface area (Å²) >= 11 is 8.20. The van der Waals surface area contributed by atoms with Crippen LogP contribution in [0.3, 0.4) is 0 Å². The van der Waals surface area contributed by atoms with Crippen LogP contribution in [0.25, 0.3) is 10.2 Å². The summed E-state index contributed by atoms with van der Waals surface area (Å²) in [5.74, 6) is 0.516. The van der Waals surface area contributed by atoms with Crippen molar-refractivity contribution in [3.63, 3.8) is 0 Å². The van der Waals surface area contributed by atoms with Gasteiger partial charge in [-0.15, -0.1) is 11.3 Å². The van der Waals surface area contributed by atoms with Gasteiger partial charge in [-0.3, -0.25) is 0 Å². The molecule has 1 unspecified atom stereocenters. The van der Waals surface area contributed by atoms with Crippen molar-refractivity contribution in [3.8, 4) is 0 Å². The van der Waals surface area contributed by atoms with Crippen LogP contribution in [0.5, 0.6) is 0 Å². The van der Waals surface area contributed by atoms with Crippen molar-refractivity contribution in [1.29, 1.82) is 0 Å². The monoisotopic (exact) mass is 396 g/mol. The number of fused-ring (bicyclic) bond motifs is 3. The minimum atomic E-state index is -1.75. The fourth-order valence-corrected chi connectivity index (χ4v) is 6.46. The van der Waals surface area contributed by atoms with Crippen molar-refractivity contribution in [3.05, 3.63) is 21.9 Å². The summed E-state index contributed by atoms with van der Waals surface area (Å²) in [6.45, 7) is 13.9. The highest BCUT2D eigenvalue weighted by Crippen LogP contribution is 2.47. The maximum Gasteiger partial charge on any atom is 0.192 e. The van der Waals surface area contributed by atoms with Crippen molar-refractivity contribution in [2.45, 2.75) is 83.5 Å². The maximum absolute atomic E-state index is 6.73. The van der Waals surface area contributed by atoms with Gasteiger partial charge in [0.2, 0.25) is 0 Å². The van der Waals surface area contributed by atoms with Crippen LogP contribution in [0, 0.1) is 0 Å². The number of aryl methyl sites for hydroxylation is 1. The summed E-state index contributed by atoms with van der Waals surface area (Å²) < 4.78 is 6.73. The number of thiophene rings is 1. The molecule has 0 spiro atoms. The van der Waals surface area contributed by atoms with Crippen LogP contribution in [-0.4, -0.2) is 24.4 Å². The summed E-state index contributed by atoms with van der Waals surface area (Å²) in [5, 5.41) is 1.94. The topological polar surface area (TPSA) is 35.0 Å². The molecule has 1 aliphatic rings. The lowest BCUT2D eigenvalue weighted by Gasteiger charge is -2.39. The van der Waals surface area contributed by atoms with Gasteiger partial charge in [0, 0.05) is 11.0 Å². The Morgan fingerprint density at radius 1 is 1.36 bits per heavy atom. The first-order chi connectivity index (χ1) is 11.6. The Balaban J connectivity index is 1.84. The first kappa shape index (κ1) is 19.3. The van der Waals surface area contributed by atoms with E-state index in [9.17, 15) is 0 Å². The summed E-state index contributed by atoms with van der Waals surface area (Å²) in [7, 11) is -1.75. The third kappa shape index (κ3) is 3.66. The lowest BCUT2D eigenvalue weighted by molar-refractivity contribution is 0.157. The van der Waals surface area contributed by atoms with E-state index in [0.717, 1.165) is 29.5 Å². The van der Waals surface area contributed by atoms with E-state index in [4.69, 9.17) is 16.0 Å². The molecule has 138 valence electrons. The highest BCUT2D eigenvalue weighted by molar-refractivity contribution is 7.19. The highest BCUT2D eigenvalue weighted by Gasteiger charge is 2.40. The van der Waals surface area contributed by atoms with Crippen molar-refractivity contribution in [2.75, 3.05) is 0 Å². The van der Waals surface area contributed by atoms with Crippen LogP contribution in [0.4, 0.5) is 0 Å². The number of hydrogen-bond acceptors (Lipinski definition) is 4. The second-order valence-electron chi connectivity index (χ2n) is 8.66. The molecule has 2 heterocycles. The smallest absolute Gasteiger partial charge is 0.192 e. The van der Waals surface area contributed by atoms with E-state index in [-0.39, 0.29) is 5.04 Å². The Morgan fingerprint density at radius 3 is 2.72 bits per heavy atom. The Morgan fingerprint density at radius 2 is 2.08 bits per heavy atom. The lowest BCUT2D eigenvalue weighted by Crippen LogP contribution is -2.44. The molecule has 0 aliphatic heterocycles. The number of aromatic nitrogens is 2. The van der Waals surface area contributed by atoms with Crippen LogP contribution >= 0.6 is 22.9 Å². The van der Waals surface area contributed by atoms with Gasteiger partial charge < -0.3 is 4.43 Å². The van der Waals surface area contributed by atoms with Crippen LogP contribution < -0.4 is 0 Å². The first-order valence-electron chi connectivity index (χ1n) is 9.23. The fourth-order valence-electron chi connectivity index (χ4n) is 3.48. The van der Waals surface area contributed by atoms with Crippen LogP contribution in [0.1, 0.15) is 63.3 Å². The van der Waals surface area contributed by atoms with Gasteiger partial charge in [0.1, 0.15) is 16.3 Å². The second kappa shape index (κ2) is 6.91. The quantitative estimate of drug-likeness (QED) is 0.423. The molecule has 2 aromatic rings. The summed E-state index contributed by atoms with van der Waals surface area (Å²) in [4.78, 5) is 11.1. The van der Waals surface area contributed by atoms with E-state index in [1.165, 1.54) is 16.9 Å². The molecule has 3 nitrogen and oxygen atoms in total. The number of rotatable bonds is 5. The Hall–Kier alpha value is -0.493. The van der Waals surface area contributed by atoms with Gasteiger partial charge in [-0.05, 0) is 55.3 Å². The molecule has 2 aromatic heterocycles. The van der Waals surface area contributed by atoms with Gasteiger partial charge >= 0.3 is 0 Å². The molecular formula is C19H29ClN2OSSi. The minimum absolute atomic E-state index is 0.244. The average molecular weight is 397 g/mol. The Bertz CT molecular complexity index is 769.